The van der Waals surface area contributed by atoms with Crippen molar-refractivity contribution in [2.75, 3.05) is 19.7 Å². The van der Waals surface area contributed by atoms with E-state index in [2.05, 4.69) is 11.0 Å². The highest BCUT2D eigenvalue weighted by molar-refractivity contribution is 6.35. The molecule has 0 bridgehead atoms. The van der Waals surface area contributed by atoms with E-state index < -0.39 is 0 Å². The lowest BCUT2D eigenvalue weighted by Gasteiger charge is -2.30. The molecule has 5 heteroatoms. The zero-order chi connectivity index (χ0) is 12.3. The highest BCUT2D eigenvalue weighted by Gasteiger charge is 2.21. The van der Waals surface area contributed by atoms with Crippen LogP contribution in [0.3, 0.4) is 0 Å². The lowest BCUT2D eigenvalue weighted by Crippen LogP contribution is -2.41. The van der Waals surface area contributed by atoms with Gasteiger partial charge in [0.1, 0.15) is 0 Å². The van der Waals surface area contributed by atoms with Gasteiger partial charge in [0, 0.05) is 35.2 Å². The van der Waals surface area contributed by atoms with Crippen molar-refractivity contribution < 1.29 is 4.74 Å². The van der Waals surface area contributed by atoms with Gasteiger partial charge in [-0.15, -0.1) is 0 Å². The van der Waals surface area contributed by atoms with Gasteiger partial charge in [0.2, 0.25) is 0 Å². The van der Waals surface area contributed by atoms with Crippen LogP contribution in [-0.4, -0.2) is 30.7 Å². The molecule has 1 aromatic carbocycles. The molecule has 0 radical (unpaired) electrons. The molecule has 17 heavy (non-hydrogen) atoms. The molecule has 1 aliphatic heterocycles. The molecule has 2 rings (SSSR count). The number of hydrogen-bond acceptors (Lipinski definition) is 3. The van der Waals surface area contributed by atoms with E-state index in [-0.39, 0.29) is 6.10 Å². The summed E-state index contributed by atoms with van der Waals surface area (Å²) in [6.45, 7) is 2.61. The summed E-state index contributed by atoms with van der Waals surface area (Å²) in [7, 11) is 0. The molecule has 0 N–H and O–H groups in total. The monoisotopic (exact) mass is 270 g/mol. The Morgan fingerprint density at radius 1 is 1.41 bits per heavy atom. The molecule has 3 nitrogen and oxygen atoms in total. The smallest absolute Gasteiger partial charge is 0.156 e. The minimum atomic E-state index is -0.356. The average Bonchev–Trinajstić information content (AvgIpc) is 2.34. The van der Waals surface area contributed by atoms with Gasteiger partial charge in [-0.2, -0.15) is 5.26 Å². The Bertz CT molecular complexity index is 424. The van der Waals surface area contributed by atoms with Gasteiger partial charge in [0.05, 0.1) is 12.7 Å². The van der Waals surface area contributed by atoms with E-state index in [9.17, 15) is 0 Å². The van der Waals surface area contributed by atoms with Crippen LogP contribution in [0.25, 0.3) is 0 Å². The summed E-state index contributed by atoms with van der Waals surface area (Å²) in [6.07, 6.45) is -0.356. The van der Waals surface area contributed by atoms with Crippen molar-refractivity contribution in [3.8, 4) is 6.07 Å². The van der Waals surface area contributed by atoms with Gasteiger partial charge >= 0.3 is 0 Å². The molecule has 0 saturated carbocycles. The molecule has 0 spiro atoms. The molecule has 1 aromatic rings. The fraction of sp³-hybridized carbons (Fsp3) is 0.417. The van der Waals surface area contributed by atoms with E-state index in [1.54, 1.807) is 0 Å². The highest BCUT2D eigenvalue weighted by atomic mass is 35.5. The predicted molar refractivity (Wildman–Crippen MR) is 67.1 cm³/mol. The van der Waals surface area contributed by atoms with E-state index in [0.29, 0.717) is 29.7 Å². The fourth-order valence-corrected chi connectivity index (χ4v) is 2.35. The minimum Gasteiger partial charge on any atom is -0.361 e. The summed E-state index contributed by atoms with van der Waals surface area (Å²) in [5, 5.41) is 10.2. The maximum atomic E-state index is 8.83. The van der Waals surface area contributed by atoms with Crippen molar-refractivity contribution in [2.24, 2.45) is 0 Å². The summed E-state index contributed by atoms with van der Waals surface area (Å²) >= 11 is 12.2. The summed E-state index contributed by atoms with van der Waals surface area (Å²) in [5.74, 6) is 0. The Morgan fingerprint density at radius 2 is 2.12 bits per heavy atom. The third kappa shape index (κ3) is 3.11. The van der Waals surface area contributed by atoms with Crippen LogP contribution >= 0.6 is 23.2 Å². The molecule has 1 heterocycles. The van der Waals surface area contributed by atoms with Crippen LogP contribution in [0.15, 0.2) is 18.2 Å². The summed E-state index contributed by atoms with van der Waals surface area (Å²) in [6, 6.07) is 7.59. The number of benzene rings is 1. The third-order valence-corrected chi connectivity index (χ3v) is 3.45. The Labute approximate surface area is 110 Å². The first-order chi connectivity index (χ1) is 8.20. The van der Waals surface area contributed by atoms with Gasteiger partial charge in [-0.05, 0) is 12.1 Å². The average molecular weight is 271 g/mol. The lowest BCUT2D eigenvalue weighted by atomic mass is 10.2. The van der Waals surface area contributed by atoms with Gasteiger partial charge < -0.3 is 4.74 Å². The zero-order valence-electron chi connectivity index (χ0n) is 9.20. The first-order valence-corrected chi connectivity index (χ1v) is 6.13. The molecule has 1 fully saturated rings. The zero-order valence-corrected chi connectivity index (χ0v) is 10.7. The number of morpholine rings is 1. The second kappa shape index (κ2) is 5.70. The van der Waals surface area contributed by atoms with Crippen molar-refractivity contribution in [1.29, 1.82) is 5.26 Å². The van der Waals surface area contributed by atoms with Crippen molar-refractivity contribution >= 4 is 23.2 Å². The van der Waals surface area contributed by atoms with E-state index in [1.165, 1.54) is 0 Å². The molecule has 1 unspecified atom stereocenters. The number of hydrogen-bond donors (Lipinski definition) is 0. The van der Waals surface area contributed by atoms with Gasteiger partial charge in [-0.25, -0.2) is 0 Å². The van der Waals surface area contributed by atoms with Crippen molar-refractivity contribution in [3.05, 3.63) is 33.8 Å². The van der Waals surface area contributed by atoms with E-state index in [1.807, 2.05) is 18.2 Å². The largest absolute Gasteiger partial charge is 0.361 e. The number of nitriles is 1. The van der Waals surface area contributed by atoms with Crippen LogP contribution in [0.1, 0.15) is 5.56 Å². The van der Waals surface area contributed by atoms with Crippen LogP contribution in [-0.2, 0) is 11.3 Å². The molecule has 1 aliphatic rings. The third-order valence-electron chi connectivity index (χ3n) is 2.74. The summed E-state index contributed by atoms with van der Waals surface area (Å²) in [4.78, 5) is 2.13. The maximum Gasteiger partial charge on any atom is 0.156 e. The summed E-state index contributed by atoms with van der Waals surface area (Å²) < 4.78 is 5.29. The SMILES string of the molecule is N#CC1CN(Cc2c(Cl)cccc2Cl)CCO1. The predicted octanol–water partition coefficient (Wildman–Crippen LogP) is 2.72. The standard InChI is InChI=1S/C12H12Cl2N2O/c13-11-2-1-3-12(14)10(11)8-16-4-5-17-9(6-15)7-16/h1-3,9H,4-5,7-8H2. The second-order valence-corrected chi connectivity index (χ2v) is 4.74. The highest BCUT2D eigenvalue weighted by Crippen LogP contribution is 2.26. The van der Waals surface area contributed by atoms with Crippen LogP contribution in [0, 0.1) is 11.3 Å². The number of ether oxygens (including phenoxy) is 1. The first-order valence-electron chi connectivity index (χ1n) is 5.37. The topological polar surface area (TPSA) is 36.3 Å². The Kier molecular flexibility index (Phi) is 4.25. The number of halogens is 2. The molecule has 1 atom stereocenters. The Hall–Kier alpha value is -0.790. The van der Waals surface area contributed by atoms with Crippen LogP contribution in [0.2, 0.25) is 10.0 Å². The van der Waals surface area contributed by atoms with Gasteiger partial charge in [-0.1, -0.05) is 29.3 Å². The van der Waals surface area contributed by atoms with Crippen molar-refractivity contribution in [1.82, 2.24) is 4.90 Å². The molecular formula is C12H12Cl2N2O. The van der Waals surface area contributed by atoms with E-state index in [0.717, 1.165) is 12.1 Å². The lowest BCUT2D eigenvalue weighted by molar-refractivity contribution is -0.00267. The normalized spacial score (nSPS) is 21.1. The fourth-order valence-electron chi connectivity index (χ4n) is 1.83. The van der Waals surface area contributed by atoms with Crippen molar-refractivity contribution in [2.45, 2.75) is 12.6 Å². The van der Waals surface area contributed by atoms with E-state index in [4.69, 9.17) is 33.2 Å². The second-order valence-electron chi connectivity index (χ2n) is 3.92. The van der Waals surface area contributed by atoms with Crippen molar-refractivity contribution in [3.63, 3.8) is 0 Å². The summed E-state index contributed by atoms with van der Waals surface area (Å²) in [5.41, 5.74) is 0.912. The molecule has 0 aromatic heterocycles. The minimum absolute atomic E-state index is 0.356. The molecule has 0 aliphatic carbocycles. The Balaban J connectivity index is 2.08. The maximum absolute atomic E-state index is 8.83. The molecular weight excluding hydrogens is 259 g/mol. The quantitative estimate of drug-likeness (QED) is 0.829. The van der Waals surface area contributed by atoms with Gasteiger partial charge in [0.15, 0.2) is 6.10 Å². The van der Waals surface area contributed by atoms with Gasteiger partial charge in [-0.3, -0.25) is 4.90 Å². The van der Waals surface area contributed by atoms with Gasteiger partial charge in [0.25, 0.3) is 0 Å². The number of rotatable bonds is 2. The molecule has 90 valence electrons. The van der Waals surface area contributed by atoms with Crippen LogP contribution < -0.4 is 0 Å². The molecule has 0 amide bonds. The van der Waals surface area contributed by atoms with E-state index >= 15 is 0 Å². The Morgan fingerprint density at radius 3 is 2.76 bits per heavy atom. The molecule has 1 saturated heterocycles. The van der Waals surface area contributed by atoms with Crippen LogP contribution in [0.4, 0.5) is 0 Å². The number of nitrogens with zero attached hydrogens (tertiary/aromatic N) is 2. The van der Waals surface area contributed by atoms with Crippen LogP contribution in [0.5, 0.6) is 0 Å². The first kappa shape index (κ1) is 12.7.